The van der Waals surface area contributed by atoms with Gasteiger partial charge in [-0.3, -0.25) is 8.69 Å². The van der Waals surface area contributed by atoms with Crippen molar-refractivity contribution in [1.82, 2.24) is 18.9 Å². The fraction of sp³-hybridized carbons (Fsp3) is 0.400. The minimum Gasteiger partial charge on any atom is -0.278 e. The quantitative estimate of drug-likeness (QED) is 0.723. The molecule has 2 rings (SSSR count). The van der Waals surface area contributed by atoms with Crippen LogP contribution in [0.1, 0.15) is 11.1 Å². The van der Waals surface area contributed by atoms with Gasteiger partial charge in [0, 0.05) is 12.4 Å². The number of aryl methyl sites for hydroxylation is 2. The first-order chi connectivity index (χ1) is 7.00. The zero-order valence-corrected chi connectivity index (χ0v) is 10.6. The molecule has 0 spiro atoms. The number of rotatable bonds is 2. The van der Waals surface area contributed by atoms with Crippen LogP contribution < -0.4 is 0 Å². The second-order valence-corrected chi connectivity index (χ2v) is 8.32. The predicted molar refractivity (Wildman–Crippen MR) is 62.2 cm³/mol. The Bertz CT molecular complexity index is 427. The Morgan fingerprint density at radius 3 is 1.60 bits per heavy atom. The zero-order chi connectivity index (χ0) is 11.1. The molecule has 0 radical (unpaired) electrons. The van der Waals surface area contributed by atoms with E-state index in [1.807, 2.05) is 12.4 Å². The molecular formula is C10H16N4Si. The van der Waals surface area contributed by atoms with Crippen molar-refractivity contribution in [3.8, 4) is 0 Å². The molecule has 0 saturated carbocycles. The van der Waals surface area contributed by atoms with Gasteiger partial charge in [-0.25, -0.2) is 0 Å². The lowest BCUT2D eigenvalue weighted by molar-refractivity contribution is 0.822. The molecule has 0 N–H and O–H groups in total. The van der Waals surface area contributed by atoms with Gasteiger partial charge in [0.25, 0.3) is 0 Å². The van der Waals surface area contributed by atoms with E-state index in [2.05, 4.69) is 58.2 Å². The van der Waals surface area contributed by atoms with Crippen LogP contribution in [-0.2, 0) is 0 Å². The Morgan fingerprint density at radius 1 is 0.933 bits per heavy atom. The van der Waals surface area contributed by atoms with Crippen LogP contribution in [0.4, 0.5) is 0 Å². The van der Waals surface area contributed by atoms with Gasteiger partial charge in [0.05, 0.1) is 12.4 Å². The molecule has 0 amide bonds. The molecule has 5 heteroatoms. The maximum Gasteiger partial charge on any atom is 0.303 e. The molecule has 0 aliphatic rings. The van der Waals surface area contributed by atoms with Crippen LogP contribution in [0.2, 0.25) is 13.1 Å². The standard InChI is InChI=1S/C10H16N4Si/c1-9-5-11-13(7-9)15(3,4)14-8-10(2)6-12-14/h5-8H,1-4H3. The fourth-order valence-electron chi connectivity index (χ4n) is 1.53. The average Bonchev–Trinajstić information content (AvgIpc) is 2.74. The lowest BCUT2D eigenvalue weighted by Crippen LogP contribution is -2.45. The summed E-state index contributed by atoms with van der Waals surface area (Å²) in [5.74, 6) is 0. The van der Waals surface area contributed by atoms with Crippen LogP contribution in [0.15, 0.2) is 24.8 Å². The van der Waals surface area contributed by atoms with Crippen LogP contribution in [0, 0.1) is 13.8 Å². The molecule has 0 fully saturated rings. The minimum absolute atomic E-state index is 1.19. The molecule has 2 heterocycles. The first kappa shape index (κ1) is 10.2. The van der Waals surface area contributed by atoms with E-state index in [0.29, 0.717) is 0 Å². The van der Waals surface area contributed by atoms with Crippen molar-refractivity contribution in [1.29, 1.82) is 0 Å². The van der Waals surface area contributed by atoms with E-state index in [4.69, 9.17) is 0 Å². The van der Waals surface area contributed by atoms with E-state index in [9.17, 15) is 0 Å². The number of hydrogen-bond donors (Lipinski definition) is 0. The second kappa shape index (κ2) is 3.34. The summed E-state index contributed by atoms with van der Waals surface area (Å²) in [6.07, 6.45) is 7.96. The highest BCUT2D eigenvalue weighted by Crippen LogP contribution is 2.10. The third-order valence-corrected chi connectivity index (χ3v) is 5.28. The highest BCUT2D eigenvalue weighted by Gasteiger charge is 2.28. The van der Waals surface area contributed by atoms with E-state index < -0.39 is 8.40 Å². The molecule has 0 bridgehead atoms. The van der Waals surface area contributed by atoms with Crippen molar-refractivity contribution in [2.24, 2.45) is 0 Å². The van der Waals surface area contributed by atoms with Gasteiger partial charge >= 0.3 is 8.40 Å². The summed E-state index contributed by atoms with van der Waals surface area (Å²) >= 11 is 0. The van der Waals surface area contributed by atoms with Crippen LogP contribution in [0.3, 0.4) is 0 Å². The van der Waals surface area contributed by atoms with E-state index in [0.717, 1.165) is 0 Å². The molecule has 15 heavy (non-hydrogen) atoms. The molecular weight excluding hydrogens is 204 g/mol. The average molecular weight is 220 g/mol. The molecule has 80 valence electrons. The van der Waals surface area contributed by atoms with Crippen molar-refractivity contribution in [2.45, 2.75) is 26.9 Å². The van der Waals surface area contributed by atoms with Gasteiger partial charge in [-0.1, -0.05) is 0 Å². The highest BCUT2D eigenvalue weighted by atomic mass is 28.3. The fourth-order valence-corrected chi connectivity index (χ4v) is 3.46. The summed E-state index contributed by atoms with van der Waals surface area (Å²) in [4.78, 5) is 0. The van der Waals surface area contributed by atoms with Gasteiger partial charge in [0.2, 0.25) is 0 Å². The molecule has 2 aromatic heterocycles. The van der Waals surface area contributed by atoms with E-state index in [-0.39, 0.29) is 0 Å². The third kappa shape index (κ3) is 1.74. The Labute approximate surface area is 90.7 Å². The van der Waals surface area contributed by atoms with Crippen LogP contribution in [-0.4, -0.2) is 27.3 Å². The van der Waals surface area contributed by atoms with Gasteiger partial charge < -0.3 is 0 Å². The SMILES string of the molecule is Cc1cnn([Si](C)(C)n2cc(C)cn2)c1. The first-order valence-electron chi connectivity index (χ1n) is 5.03. The maximum atomic E-state index is 4.39. The second-order valence-electron chi connectivity index (χ2n) is 4.42. The normalized spacial score (nSPS) is 12.0. The smallest absolute Gasteiger partial charge is 0.278 e. The Balaban J connectivity index is 2.42. The molecule has 0 unspecified atom stereocenters. The Kier molecular flexibility index (Phi) is 2.26. The van der Waals surface area contributed by atoms with Crippen molar-refractivity contribution < 1.29 is 0 Å². The summed E-state index contributed by atoms with van der Waals surface area (Å²) < 4.78 is 4.13. The van der Waals surface area contributed by atoms with Gasteiger partial charge in [0.15, 0.2) is 0 Å². The van der Waals surface area contributed by atoms with E-state index in [1.165, 1.54) is 11.1 Å². The van der Waals surface area contributed by atoms with Crippen molar-refractivity contribution in [2.75, 3.05) is 0 Å². The Morgan fingerprint density at radius 2 is 1.33 bits per heavy atom. The van der Waals surface area contributed by atoms with E-state index in [1.54, 1.807) is 0 Å². The maximum absolute atomic E-state index is 4.39. The molecule has 4 nitrogen and oxygen atoms in total. The summed E-state index contributed by atoms with van der Waals surface area (Å²) in [6.45, 7) is 8.57. The van der Waals surface area contributed by atoms with Crippen molar-refractivity contribution >= 4 is 8.40 Å². The van der Waals surface area contributed by atoms with Gasteiger partial charge in [0.1, 0.15) is 0 Å². The molecule has 0 atom stereocenters. The topological polar surface area (TPSA) is 35.6 Å². The number of nitrogens with zero attached hydrogens (tertiary/aromatic N) is 4. The lowest BCUT2D eigenvalue weighted by Gasteiger charge is -2.22. The molecule has 0 aliphatic heterocycles. The van der Waals surface area contributed by atoms with Crippen LogP contribution in [0.25, 0.3) is 0 Å². The summed E-state index contributed by atoms with van der Waals surface area (Å²) in [5.41, 5.74) is 2.39. The number of hydrogen-bond acceptors (Lipinski definition) is 2. The lowest BCUT2D eigenvalue weighted by atomic mass is 10.4. The minimum atomic E-state index is -1.80. The molecule has 0 saturated heterocycles. The summed E-state index contributed by atoms with van der Waals surface area (Å²) in [6, 6.07) is 0. The third-order valence-electron chi connectivity index (χ3n) is 2.54. The van der Waals surface area contributed by atoms with Crippen LogP contribution >= 0.6 is 0 Å². The largest absolute Gasteiger partial charge is 0.303 e. The van der Waals surface area contributed by atoms with Gasteiger partial charge in [-0.05, 0) is 38.1 Å². The monoisotopic (exact) mass is 220 g/mol. The zero-order valence-electron chi connectivity index (χ0n) is 9.60. The predicted octanol–water partition coefficient (Wildman–Crippen LogP) is 1.79. The summed E-state index contributed by atoms with van der Waals surface area (Å²) in [7, 11) is -1.80. The molecule has 0 aliphatic carbocycles. The highest BCUT2D eigenvalue weighted by molar-refractivity contribution is 6.73. The first-order valence-corrected chi connectivity index (χ1v) is 7.93. The Hall–Kier alpha value is -1.36. The molecule has 2 aromatic rings. The van der Waals surface area contributed by atoms with Gasteiger partial charge in [-0.2, -0.15) is 10.2 Å². The van der Waals surface area contributed by atoms with Gasteiger partial charge in [-0.15, -0.1) is 0 Å². The van der Waals surface area contributed by atoms with E-state index >= 15 is 0 Å². The van der Waals surface area contributed by atoms with Crippen LogP contribution in [0.5, 0.6) is 0 Å². The molecule has 0 aromatic carbocycles. The summed E-state index contributed by atoms with van der Waals surface area (Å²) in [5, 5.41) is 8.78. The van der Waals surface area contributed by atoms with Crippen molar-refractivity contribution in [3.05, 3.63) is 35.9 Å². The number of aromatic nitrogens is 4. The van der Waals surface area contributed by atoms with Crippen molar-refractivity contribution in [3.63, 3.8) is 0 Å².